The molecule has 0 aromatic rings. The molecule has 0 rings (SSSR count). The number of aliphatic hydroxyl groups is 1. The first-order valence-electron chi connectivity index (χ1n) is 32.8. The largest absolute Gasteiger partial charge is 0.472 e. The fourth-order valence-corrected chi connectivity index (χ4v) is 10.9. The maximum absolute atomic E-state index is 12.9. The number of carbonyl (C=O) groups is 4. The van der Waals surface area contributed by atoms with Gasteiger partial charge in [0, 0.05) is 25.7 Å². The van der Waals surface area contributed by atoms with Crippen LogP contribution in [0.25, 0.3) is 0 Å². The van der Waals surface area contributed by atoms with E-state index in [0.29, 0.717) is 25.7 Å². The molecule has 0 aliphatic rings. The molecule has 81 heavy (non-hydrogen) atoms. The summed E-state index contributed by atoms with van der Waals surface area (Å²) >= 11 is 0. The van der Waals surface area contributed by atoms with E-state index in [0.717, 1.165) is 109 Å². The van der Waals surface area contributed by atoms with Crippen LogP contribution < -0.4 is 0 Å². The number of aliphatic hydroxyl groups excluding tert-OH is 1. The van der Waals surface area contributed by atoms with E-state index >= 15 is 0 Å². The second kappa shape index (κ2) is 57.2. The number of unbranched alkanes of at least 4 members (excludes halogenated alkanes) is 37. The summed E-state index contributed by atoms with van der Waals surface area (Å²) < 4.78 is 67.7. The lowest BCUT2D eigenvalue weighted by Crippen LogP contribution is -2.30. The van der Waals surface area contributed by atoms with E-state index in [2.05, 4.69) is 27.7 Å². The maximum Gasteiger partial charge on any atom is 0.472 e. The molecule has 2 unspecified atom stereocenters. The van der Waals surface area contributed by atoms with Gasteiger partial charge in [0.05, 0.1) is 26.4 Å². The molecule has 5 atom stereocenters. The van der Waals surface area contributed by atoms with Crippen molar-refractivity contribution in [2.45, 2.75) is 335 Å². The minimum absolute atomic E-state index is 0.105. The number of phosphoric ester groups is 2. The van der Waals surface area contributed by atoms with Crippen molar-refractivity contribution in [3.05, 3.63) is 0 Å². The van der Waals surface area contributed by atoms with Crippen LogP contribution in [0.15, 0.2) is 0 Å². The minimum atomic E-state index is -4.94. The van der Waals surface area contributed by atoms with Gasteiger partial charge in [-0.1, -0.05) is 265 Å². The highest BCUT2D eigenvalue weighted by Gasteiger charge is 2.30. The number of hydrogen-bond acceptors (Lipinski definition) is 15. The average Bonchev–Trinajstić information content (AvgIpc) is 3.44. The van der Waals surface area contributed by atoms with Crippen LogP contribution in [0, 0.1) is 0 Å². The van der Waals surface area contributed by atoms with Crippen LogP contribution in [0.5, 0.6) is 0 Å². The fourth-order valence-electron chi connectivity index (χ4n) is 9.28. The Labute approximate surface area is 492 Å². The highest BCUT2D eigenvalue weighted by atomic mass is 31.2. The van der Waals surface area contributed by atoms with Crippen molar-refractivity contribution >= 4 is 39.5 Å². The van der Waals surface area contributed by atoms with E-state index in [1.165, 1.54) is 128 Å². The number of carbonyl (C=O) groups excluding carboxylic acids is 4. The maximum atomic E-state index is 12.9. The molecule has 0 fully saturated rings. The van der Waals surface area contributed by atoms with Crippen molar-refractivity contribution in [3.8, 4) is 0 Å². The highest BCUT2D eigenvalue weighted by Crippen LogP contribution is 2.45. The van der Waals surface area contributed by atoms with Gasteiger partial charge in [-0.25, -0.2) is 9.13 Å². The molecule has 0 saturated carbocycles. The van der Waals surface area contributed by atoms with E-state index in [4.69, 9.17) is 37.0 Å². The van der Waals surface area contributed by atoms with Crippen LogP contribution in [0.3, 0.4) is 0 Å². The molecule has 0 aliphatic heterocycles. The minimum Gasteiger partial charge on any atom is -0.462 e. The summed E-state index contributed by atoms with van der Waals surface area (Å²) in [5.41, 5.74) is 0. The van der Waals surface area contributed by atoms with Gasteiger partial charge in [0.2, 0.25) is 0 Å². The Hall–Kier alpha value is -1.94. The topological polar surface area (TPSA) is 237 Å². The Morgan fingerprint density at radius 3 is 0.728 bits per heavy atom. The molecule has 0 spiro atoms. The van der Waals surface area contributed by atoms with E-state index in [1.54, 1.807) is 0 Å². The van der Waals surface area contributed by atoms with Crippen LogP contribution >= 0.6 is 15.6 Å². The number of rotatable bonds is 63. The van der Waals surface area contributed by atoms with Crippen LogP contribution in [-0.4, -0.2) is 96.7 Å². The van der Waals surface area contributed by atoms with Crippen molar-refractivity contribution in [1.82, 2.24) is 0 Å². The van der Waals surface area contributed by atoms with Crippen LogP contribution in [0.1, 0.15) is 317 Å². The van der Waals surface area contributed by atoms with Crippen LogP contribution in [-0.2, 0) is 65.4 Å². The standard InChI is InChI=1S/C62H120O17P2/c1-5-9-13-17-21-24-26-27-28-29-30-31-33-37-41-45-49-62(67)79-58(53-73-60(65)47-43-39-36-32-25-22-18-14-10-6-2)55-77-81(70,71)75-51-56(63)50-74-80(68,69)76-54-57(52-72-59(64)46-42-38-34-20-16-12-8-4)78-61(66)48-44-40-35-23-19-15-11-7-3/h56-58,63H,5-55H2,1-4H3,(H,68,69)(H,70,71)/t56-,57+,58+/m0/s1. The van der Waals surface area contributed by atoms with Gasteiger partial charge in [-0.2, -0.15) is 0 Å². The number of ether oxygens (including phenoxy) is 4. The molecular formula is C62H120O17P2. The molecule has 0 heterocycles. The molecular weight excluding hydrogens is 1080 g/mol. The second-order valence-corrected chi connectivity index (χ2v) is 25.4. The monoisotopic (exact) mass is 1200 g/mol. The van der Waals surface area contributed by atoms with Gasteiger partial charge in [-0.05, 0) is 25.7 Å². The number of phosphoric acid groups is 2. The van der Waals surface area contributed by atoms with Gasteiger partial charge in [-0.15, -0.1) is 0 Å². The molecule has 0 aromatic heterocycles. The Kier molecular flexibility index (Phi) is 55.8. The third-order valence-electron chi connectivity index (χ3n) is 14.4. The Balaban J connectivity index is 5.17. The Morgan fingerprint density at radius 2 is 0.494 bits per heavy atom. The average molecular weight is 1200 g/mol. The summed E-state index contributed by atoms with van der Waals surface area (Å²) in [6, 6.07) is 0. The summed E-state index contributed by atoms with van der Waals surface area (Å²) in [4.78, 5) is 71.9. The zero-order chi connectivity index (χ0) is 59.8. The molecule has 3 N–H and O–H groups in total. The fraction of sp³-hybridized carbons (Fsp3) is 0.935. The molecule has 17 nitrogen and oxygen atoms in total. The van der Waals surface area contributed by atoms with Crippen molar-refractivity contribution in [3.63, 3.8) is 0 Å². The SMILES string of the molecule is CCCCCCCCCCCCCCCCCCC(=O)O[C@H](COC(=O)CCCCCCCCCCCC)COP(=O)(O)OC[C@@H](O)COP(=O)(O)OC[C@@H](COC(=O)CCCCCCCCC)OC(=O)CCCCCCCCCC. The highest BCUT2D eigenvalue weighted by molar-refractivity contribution is 7.47. The lowest BCUT2D eigenvalue weighted by Gasteiger charge is -2.21. The van der Waals surface area contributed by atoms with E-state index < -0.39 is 97.5 Å². The van der Waals surface area contributed by atoms with E-state index in [9.17, 15) is 43.2 Å². The molecule has 0 saturated heterocycles. The summed E-state index contributed by atoms with van der Waals surface area (Å²) in [7, 11) is -9.87. The van der Waals surface area contributed by atoms with Gasteiger partial charge in [0.15, 0.2) is 12.2 Å². The quantitative estimate of drug-likeness (QED) is 0.0222. The van der Waals surface area contributed by atoms with Gasteiger partial charge >= 0.3 is 39.5 Å². The second-order valence-electron chi connectivity index (χ2n) is 22.4. The first-order valence-corrected chi connectivity index (χ1v) is 35.8. The summed E-state index contributed by atoms with van der Waals surface area (Å²) in [5, 5.41) is 10.5. The molecule has 0 aliphatic carbocycles. The smallest absolute Gasteiger partial charge is 0.462 e. The molecule has 0 aromatic carbocycles. The molecule has 19 heteroatoms. The van der Waals surface area contributed by atoms with Crippen molar-refractivity contribution in [1.29, 1.82) is 0 Å². The lowest BCUT2D eigenvalue weighted by atomic mass is 10.0. The molecule has 480 valence electrons. The Morgan fingerprint density at radius 1 is 0.296 bits per heavy atom. The third kappa shape index (κ3) is 56.9. The van der Waals surface area contributed by atoms with Gasteiger partial charge in [0.1, 0.15) is 19.3 Å². The zero-order valence-corrected chi connectivity index (χ0v) is 53.5. The van der Waals surface area contributed by atoms with Crippen molar-refractivity contribution in [2.75, 3.05) is 39.6 Å². The van der Waals surface area contributed by atoms with E-state index in [1.807, 2.05) is 0 Å². The third-order valence-corrected chi connectivity index (χ3v) is 16.3. The predicted molar refractivity (Wildman–Crippen MR) is 322 cm³/mol. The number of esters is 4. The summed E-state index contributed by atoms with van der Waals surface area (Å²) in [6.45, 7) is 4.81. The summed E-state index contributed by atoms with van der Waals surface area (Å²) in [6.07, 6.45) is 41.8. The Bertz CT molecular complexity index is 1570. The van der Waals surface area contributed by atoms with Gasteiger partial charge in [-0.3, -0.25) is 37.3 Å². The predicted octanol–water partition coefficient (Wildman–Crippen LogP) is 17.2. The lowest BCUT2D eigenvalue weighted by molar-refractivity contribution is -0.161. The molecule has 0 radical (unpaired) electrons. The number of hydrogen-bond donors (Lipinski definition) is 3. The first-order chi connectivity index (χ1) is 39.2. The van der Waals surface area contributed by atoms with E-state index in [-0.39, 0.29) is 25.7 Å². The van der Waals surface area contributed by atoms with Crippen molar-refractivity contribution in [2.24, 2.45) is 0 Å². The molecule has 0 amide bonds. The summed E-state index contributed by atoms with van der Waals surface area (Å²) in [5.74, 6) is -2.14. The van der Waals surface area contributed by atoms with Gasteiger partial charge in [0.25, 0.3) is 0 Å². The molecule has 0 bridgehead atoms. The zero-order valence-electron chi connectivity index (χ0n) is 51.7. The van der Waals surface area contributed by atoms with Crippen molar-refractivity contribution < 1.29 is 80.2 Å². The normalized spacial score (nSPS) is 14.2. The first kappa shape index (κ1) is 79.1. The van der Waals surface area contributed by atoms with Crippen LogP contribution in [0.2, 0.25) is 0 Å². The van der Waals surface area contributed by atoms with Crippen LogP contribution in [0.4, 0.5) is 0 Å². The van der Waals surface area contributed by atoms with Gasteiger partial charge < -0.3 is 33.8 Å².